The largest absolute Gasteiger partial charge is 1.00 e. The minimum absolute atomic E-state index is 0. The Bertz CT molecular complexity index is 824. The van der Waals surface area contributed by atoms with E-state index in [9.17, 15) is 14.3 Å². The predicted octanol–water partition coefficient (Wildman–Crippen LogP) is -2.50. The number of esters is 1. The van der Waals surface area contributed by atoms with E-state index in [1.54, 1.807) is 25.3 Å². The van der Waals surface area contributed by atoms with E-state index in [-0.39, 0.29) is 42.0 Å². The molecule has 0 radical (unpaired) electrons. The van der Waals surface area contributed by atoms with Crippen molar-refractivity contribution in [2.24, 2.45) is 5.41 Å². The Hall–Kier alpha value is -1.07. The Morgan fingerprint density at radius 1 is 1.33 bits per heavy atom. The molecule has 144 valence electrons. The first-order valence-electron chi connectivity index (χ1n) is 7.71. The van der Waals surface area contributed by atoms with E-state index in [0.29, 0.717) is 17.7 Å². The summed E-state index contributed by atoms with van der Waals surface area (Å²) in [5, 5.41) is 0. The number of nitrogens with two attached hydrogens (primary N) is 1. The molecule has 0 fully saturated rings. The standard InChI is InChI=1S/C14H22N5O6P.Na/c1-14(2,3)13(20)24-8-25-26(21,22)9-23-5-4-19-7-18-10-11(15)16-6-17-12(10)19;/h6-7H,4-5,8-9H2,1-3H3,(H,21,22)(H2,15,16,17);/q;+1/p-1. The molecule has 0 aliphatic carbocycles. The molecule has 0 spiro atoms. The summed E-state index contributed by atoms with van der Waals surface area (Å²) in [7, 11) is -4.28. The van der Waals surface area contributed by atoms with Crippen LogP contribution in [0.15, 0.2) is 12.7 Å². The van der Waals surface area contributed by atoms with Crippen molar-refractivity contribution in [2.45, 2.75) is 27.3 Å². The Morgan fingerprint density at radius 2 is 2.04 bits per heavy atom. The molecule has 2 rings (SSSR count). The van der Waals surface area contributed by atoms with E-state index in [4.69, 9.17) is 15.2 Å². The summed E-state index contributed by atoms with van der Waals surface area (Å²) >= 11 is 0. The number of fused-ring (bicyclic) bond motifs is 1. The molecule has 2 aromatic heterocycles. The van der Waals surface area contributed by atoms with Gasteiger partial charge in [-0.1, -0.05) is 0 Å². The SMILES string of the molecule is CC(C)(C)C(=O)OCOP(=O)([O-])COCCn1cnc2c(N)ncnc21.[Na+]. The molecule has 27 heavy (non-hydrogen) atoms. The van der Waals surface area contributed by atoms with Crippen LogP contribution in [0.2, 0.25) is 0 Å². The minimum atomic E-state index is -4.28. The molecule has 0 aliphatic rings. The van der Waals surface area contributed by atoms with Crippen LogP contribution in [0.5, 0.6) is 0 Å². The number of nitrogen functional groups attached to an aromatic ring is 1. The summed E-state index contributed by atoms with van der Waals surface area (Å²) in [5.74, 6) is -0.302. The molecule has 0 bridgehead atoms. The van der Waals surface area contributed by atoms with Crippen LogP contribution >= 0.6 is 7.60 Å². The number of imidazole rings is 1. The van der Waals surface area contributed by atoms with Crippen molar-refractivity contribution in [3.63, 3.8) is 0 Å². The van der Waals surface area contributed by atoms with Crippen molar-refractivity contribution in [1.82, 2.24) is 19.5 Å². The van der Waals surface area contributed by atoms with Gasteiger partial charge in [-0.25, -0.2) is 15.0 Å². The first kappa shape index (κ1) is 24.0. The Morgan fingerprint density at radius 3 is 2.70 bits per heavy atom. The van der Waals surface area contributed by atoms with Crippen molar-refractivity contribution < 1.29 is 57.8 Å². The fourth-order valence-electron chi connectivity index (χ4n) is 1.82. The van der Waals surface area contributed by atoms with E-state index in [2.05, 4.69) is 19.5 Å². The Labute approximate surface area is 178 Å². The number of anilines is 1. The maximum atomic E-state index is 11.7. The van der Waals surface area contributed by atoms with Crippen molar-refractivity contribution in [3.8, 4) is 0 Å². The van der Waals surface area contributed by atoms with E-state index in [0.717, 1.165) is 0 Å². The minimum Gasteiger partial charge on any atom is -0.777 e. The summed E-state index contributed by atoms with van der Waals surface area (Å²) in [4.78, 5) is 35.2. The number of hydrogen-bond acceptors (Lipinski definition) is 10. The average Bonchev–Trinajstić information content (AvgIpc) is 2.95. The maximum absolute atomic E-state index is 11.7. The van der Waals surface area contributed by atoms with Crippen molar-refractivity contribution in [1.29, 1.82) is 0 Å². The van der Waals surface area contributed by atoms with Gasteiger partial charge in [-0.15, -0.1) is 0 Å². The molecule has 2 aromatic rings. The second-order valence-electron chi connectivity index (χ2n) is 6.45. The fraction of sp³-hybridized carbons (Fsp3) is 0.571. The number of aromatic nitrogens is 4. The molecule has 11 nitrogen and oxygen atoms in total. The van der Waals surface area contributed by atoms with Crippen LogP contribution in [0, 0.1) is 5.41 Å². The second-order valence-corrected chi connectivity index (χ2v) is 8.18. The monoisotopic (exact) mass is 409 g/mol. The van der Waals surface area contributed by atoms with Gasteiger partial charge >= 0.3 is 35.5 Å². The summed E-state index contributed by atoms with van der Waals surface area (Å²) in [6.07, 6.45) is 2.18. The van der Waals surface area contributed by atoms with E-state index in [1.807, 2.05) is 0 Å². The zero-order chi connectivity index (χ0) is 19.4. The van der Waals surface area contributed by atoms with Crippen LogP contribution in [0.3, 0.4) is 0 Å². The first-order chi connectivity index (χ1) is 12.1. The number of rotatable bonds is 8. The third kappa shape index (κ3) is 7.11. The third-order valence-electron chi connectivity index (χ3n) is 3.21. The molecule has 13 heteroatoms. The molecule has 0 aliphatic heterocycles. The molecule has 1 atom stereocenters. The van der Waals surface area contributed by atoms with Crippen molar-refractivity contribution in [3.05, 3.63) is 12.7 Å². The quantitative estimate of drug-likeness (QED) is 0.163. The molecular formula is C14H21N5NaO6P. The van der Waals surface area contributed by atoms with Crippen LogP contribution in [0.25, 0.3) is 11.2 Å². The van der Waals surface area contributed by atoms with Crippen LogP contribution in [-0.4, -0.2) is 45.2 Å². The van der Waals surface area contributed by atoms with Gasteiger partial charge in [0.15, 0.2) is 25.9 Å². The average molecular weight is 409 g/mol. The summed E-state index contributed by atoms with van der Waals surface area (Å²) < 4.78 is 27.8. The van der Waals surface area contributed by atoms with Crippen molar-refractivity contribution in [2.75, 3.05) is 25.5 Å². The zero-order valence-corrected chi connectivity index (χ0v) is 18.6. The summed E-state index contributed by atoms with van der Waals surface area (Å²) in [5.41, 5.74) is 5.93. The first-order valence-corrected chi connectivity index (χ1v) is 9.44. The molecule has 0 amide bonds. The molecule has 2 N–H and O–H groups in total. The summed E-state index contributed by atoms with van der Waals surface area (Å²) in [6, 6.07) is 0. The van der Waals surface area contributed by atoms with Gasteiger partial charge in [0.25, 0.3) is 0 Å². The van der Waals surface area contributed by atoms with Gasteiger partial charge in [0, 0.05) is 6.54 Å². The summed E-state index contributed by atoms with van der Waals surface area (Å²) in [6.45, 7) is 4.65. The molecule has 2 heterocycles. The number of hydrogen-bond donors (Lipinski definition) is 1. The molecule has 1 unspecified atom stereocenters. The molecular weight excluding hydrogens is 388 g/mol. The van der Waals surface area contributed by atoms with Crippen molar-refractivity contribution >= 4 is 30.5 Å². The van der Waals surface area contributed by atoms with E-state index in [1.165, 1.54) is 12.7 Å². The Balaban J connectivity index is 0.00000364. The normalized spacial score (nSPS) is 13.8. The van der Waals surface area contributed by atoms with Crippen LogP contribution in [0.1, 0.15) is 20.8 Å². The van der Waals surface area contributed by atoms with Crippen LogP contribution in [-0.2, 0) is 29.9 Å². The van der Waals surface area contributed by atoms with Crippen LogP contribution in [0.4, 0.5) is 5.82 Å². The smallest absolute Gasteiger partial charge is 0.777 e. The molecule has 0 saturated heterocycles. The maximum Gasteiger partial charge on any atom is 1.00 e. The molecule has 0 saturated carbocycles. The number of carbonyl (C=O) groups excluding carboxylic acids is 1. The van der Waals surface area contributed by atoms with Gasteiger partial charge in [-0.2, -0.15) is 0 Å². The Kier molecular flexibility index (Phi) is 8.81. The van der Waals surface area contributed by atoms with Crippen LogP contribution < -0.4 is 40.2 Å². The van der Waals surface area contributed by atoms with E-state index >= 15 is 0 Å². The van der Waals surface area contributed by atoms with Gasteiger partial charge in [0.05, 0.1) is 18.3 Å². The van der Waals surface area contributed by atoms with Gasteiger partial charge in [0.1, 0.15) is 18.2 Å². The number of nitrogens with zero attached hydrogens (tertiary/aromatic N) is 4. The second kappa shape index (κ2) is 9.92. The van der Waals surface area contributed by atoms with Gasteiger partial charge < -0.3 is 29.2 Å². The van der Waals surface area contributed by atoms with Gasteiger partial charge in [0.2, 0.25) is 0 Å². The van der Waals surface area contributed by atoms with Gasteiger partial charge in [-0.3, -0.25) is 9.32 Å². The number of carbonyl (C=O) groups is 1. The zero-order valence-electron chi connectivity index (χ0n) is 15.7. The predicted molar refractivity (Wildman–Crippen MR) is 89.7 cm³/mol. The third-order valence-corrected chi connectivity index (χ3v) is 4.20. The number of ether oxygens (including phenoxy) is 2. The van der Waals surface area contributed by atoms with E-state index < -0.39 is 32.1 Å². The molecule has 0 aromatic carbocycles. The fourth-order valence-corrected chi connectivity index (χ4v) is 2.46. The van der Waals surface area contributed by atoms with Gasteiger partial charge in [-0.05, 0) is 20.8 Å². The topological polar surface area (TPSA) is 155 Å².